The van der Waals surface area contributed by atoms with Crippen molar-refractivity contribution in [1.29, 1.82) is 0 Å². The lowest BCUT2D eigenvalue weighted by Gasteiger charge is -2.12. The lowest BCUT2D eigenvalue weighted by atomic mass is 10.1. The van der Waals surface area contributed by atoms with Gasteiger partial charge in [0.05, 0.1) is 18.2 Å². The van der Waals surface area contributed by atoms with Crippen molar-refractivity contribution < 1.29 is 9.53 Å². The number of hydrogen-bond acceptors (Lipinski definition) is 6. The molecule has 4 aromatic rings. The average molecular weight is 454 g/mol. The van der Waals surface area contributed by atoms with Crippen LogP contribution in [0.5, 0.6) is 0 Å². The van der Waals surface area contributed by atoms with Gasteiger partial charge in [-0.05, 0) is 61.4 Å². The van der Waals surface area contributed by atoms with Gasteiger partial charge in [0.15, 0.2) is 0 Å². The highest BCUT2D eigenvalue weighted by Gasteiger charge is 2.23. The van der Waals surface area contributed by atoms with E-state index < -0.39 is 5.69 Å². The predicted molar refractivity (Wildman–Crippen MR) is 123 cm³/mol. The van der Waals surface area contributed by atoms with Gasteiger partial charge in [-0.15, -0.1) is 16.4 Å². The van der Waals surface area contributed by atoms with E-state index in [4.69, 9.17) is 4.74 Å². The number of aryl methyl sites for hydroxylation is 2. The minimum Gasteiger partial charge on any atom is -0.376 e. The number of hydrogen-bond donors (Lipinski definition) is 1. The van der Waals surface area contributed by atoms with Crippen LogP contribution in [0, 0.1) is 13.8 Å². The molecule has 0 saturated carbocycles. The van der Waals surface area contributed by atoms with Crippen LogP contribution < -0.4 is 16.6 Å². The minimum absolute atomic E-state index is 0.0953. The van der Waals surface area contributed by atoms with E-state index in [2.05, 4.69) is 10.4 Å². The Kier molecular flexibility index (Phi) is 5.18. The largest absolute Gasteiger partial charge is 0.376 e. The molecule has 10 heteroatoms. The molecular formula is C22H23N5O4S. The topological polar surface area (TPSA) is 99.6 Å². The van der Waals surface area contributed by atoms with Gasteiger partial charge in [-0.25, -0.2) is 13.9 Å². The fourth-order valence-electron chi connectivity index (χ4n) is 4.28. The summed E-state index contributed by atoms with van der Waals surface area (Å²) in [7, 11) is 0. The highest BCUT2D eigenvalue weighted by Crippen LogP contribution is 2.19. The van der Waals surface area contributed by atoms with Gasteiger partial charge in [-0.1, -0.05) is 6.07 Å². The molecule has 1 amide bonds. The number of rotatable bonds is 5. The van der Waals surface area contributed by atoms with Crippen molar-refractivity contribution in [3.05, 3.63) is 61.6 Å². The average Bonchev–Trinajstić information content (AvgIpc) is 3.46. The van der Waals surface area contributed by atoms with Crippen LogP contribution in [0.2, 0.25) is 0 Å². The Morgan fingerprint density at radius 1 is 1.25 bits per heavy atom. The van der Waals surface area contributed by atoms with Crippen LogP contribution in [-0.4, -0.2) is 37.4 Å². The Balaban J connectivity index is 1.54. The van der Waals surface area contributed by atoms with Crippen molar-refractivity contribution in [2.45, 2.75) is 45.9 Å². The van der Waals surface area contributed by atoms with E-state index in [0.717, 1.165) is 28.7 Å². The monoisotopic (exact) mass is 453 g/mol. The van der Waals surface area contributed by atoms with E-state index in [1.165, 1.54) is 20.3 Å². The summed E-state index contributed by atoms with van der Waals surface area (Å²) in [6.07, 6.45) is 1.70. The number of carbonyl (C=O) groups excluding carboxylic acids is 1. The third-order valence-electron chi connectivity index (χ3n) is 5.60. The molecule has 0 aliphatic carbocycles. The maximum atomic E-state index is 13.2. The molecule has 0 radical (unpaired) electrons. The van der Waals surface area contributed by atoms with Crippen molar-refractivity contribution in [2.75, 3.05) is 11.9 Å². The van der Waals surface area contributed by atoms with E-state index in [-0.39, 0.29) is 29.9 Å². The summed E-state index contributed by atoms with van der Waals surface area (Å²) in [6, 6.07) is 7.48. The Bertz CT molecular complexity index is 1430. The molecule has 5 rings (SSSR count). The molecule has 1 aliphatic heterocycles. The van der Waals surface area contributed by atoms with Crippen LogP contribution in [-0.2, 0) is 22.6 Å². The van der Waals surface area contributed by atoms with E-state index in [1.54, 1.807) is 11.4 Å². The molecule has 1 saturated heterocycles. The molecule has 1 fully saturated rings. The molecule has 1 aromatic carbocycles. The van der Waals surface area contributed by atoms with Gasteiger partial charge in [0, 0.05) is 12.3 Å². The van der Waals surface area contributed by atoms with E-state index in [1.807, 2.05) is 32.0 Å². The quantitative estimate of drug-likeness (QED) is 0.500. The maximum absolute atomic E-state index is 13.2. The molecule has 4 heterocycles. The minimum atomic E-state index is -0.458. The first-order valence-electron chi connectivity index (χ1n) is 10.5. The number of anilines is 1. The summed E-state index contributed by atoms with van der Waals surface area (Å²) < 4.78 is 10.2. The highest BCUT2D eigenvalue weighted by molar-refractivity contribution is 7.17. The fraction of sp³-hybridized carbons (Fsp3) is 0.364. The molecule has 1 aliphatic rings. The van der Waals surface area contributed by atoms with Crippen LogP contribution in [0.1, 0.15) is 24.0 Å². The number of thiophene rings is 1. The lowest BCUT2D eigenvalue weighted by molar-refractivity contribution is -0.117. The smallest absolute Gasteiger partial charge is 0.352 e. The van der Waals surface area contributed by atoms with Gasteiger partial charge in [0.1, 0.15) is 11.2 Å². The van der Waals surface area contributed by atoms with Crippen molar-refractivity contribution >= 4 is 38.9 Å². The molecule has 3 aromatic heterocycles. The summed E-state index contributed by atoms with van der Waals surface area (Å²) in [5.74, 6) is -0.143. The van der Waals surface area contributed by atoms with Crippen molar-refractivity contribution in [1.82, 2.24) is 18.7 Å². The lowest BCUT2D eigenvalue weighted by Crippen LogP contribution is -2.30. The van der Waals surface area contributed by atoms with E-state index in [0.29, 0.717) is 29.1 Å². The predicted octanol–water partition coefficient (Wildman–Crippen LogP) is 2.31. The van der Waals surface area contributed by atoms with Crippen molar-refractivity contribution in [3.8, 4) is 0 Å². The molecule has 32 heavy (non-hydrogen) atoms. The molecule has 1 N–H and O–H groups in total. The van der Waals surface area contributed by atoms with Crippen molar-refractivity contribution in [2.24, 2.45) is 0 Å². The first-order chi connectivity index (χ1) is 15.4. The van der Waals surface area contributed by atoms with Crippen LogP contribution in [0.4, 0.5) is 5.69 Å². The summed E-state index contributed by atoms with van der Waals surface area (Å²) >= 11 is 1.29. The number of fused-ring (bicyclic) bond motifs is 3. The Morgan fingerprint density at radius 3 is 2.75 bits per heavy atom. The number of carbonyl (C=O) groups is 1. The molecule has 0 bridgehead atoms. The van der Waals surface area contributed by atoms with Crippen LogP contribution in [0.3, 0.4) is 0 Å². The normalized spacial score (nSPS) is 16.2. The van der Waals surface area contributed by atoms with Gasteiger partial charge in [-0.2, -0.15) is 0 Å². The number of nitrogens with one attached hydrogen (secondary N) is 1. The highest BCUT2D eigenvalue weighted by atomic mass is 32.1. The Labute approximate surface area is 186 Å². The van der Waals surface area contributed by atoms with Gasteiger partial charge < -0.3 is 10.1 Å². The second-order valence-electron chi connectivity index (χ2n) is 8.19. The summed E-state index contributed by atoms with van der Waals surface area (Å²) in [6.45, 7) is 4.63. The fourth-order valence-corrected chi connectivity index (χ4v) is 5.10. The first-order valence-corrected chi connectivity index (χ1v) is 11.4. The van der Waals surface area contributed by atoms with E-state index >= 15 is 0 Å². The third kappa shape index (κ3) is 3.65. The Morgan fingerprint density at radius 2 is 2.03 bits per heavy atom. The maximum Gasteiger partial charge on any atom is 0.352 e. The molecule has 166 valence electrons. The number of amides is 1. The number of ether oxygens (including phenoxy) is 1. The van der Waals surface area contributed by atoms with Gasteiger partial charge in [-0.3, -0.25) is 14.2 Å². The second-order valence-corrected chi connectivity index (χ2v) is 9.10. The van der Waals surface area contributed by atoms with Crippen LogP contribution in [0.25, 0.3) is 16.0 Å². The summed E-state index contributed by atoms with van der Waals surface area (Å²) in [4.78, 5) is 39.0. The van der Waals surface area contributed by atoms with Gasteiger partial charge in [0.25, 0.3) is 5.56 Å². The molecule has 1 atom stereocenters. The molecule has 0 spiro atoms. The number of aromatic nitrogens is 4. The van der Waals surface area contributed by atoms with Crippen LogP contribution >= 0.6 is 11.3 Å². The van der Waals surface area contributed by atoms with E-state index in [9.17, 15) is 14.4 Å². The second kappa shape index (κ2) is 8.03. The summed E-state index contributed by atoms with van der Waals surface area (Å²) in [5, 5.41) is 8.98. The standard InChI is InChI=1S/C22H23N5O4S/c1-13-8-14(2)10-15(9-13)23-18(28)12-26-22(30)27-17-5-7-32-19(17)20(29)25(21(27)24-26)11-16-4-3-6-31-16/h5,7-10,16H,3-4,6,11-12H2,1-2H3,(H,23,28)/t16-/m0/s1. The first kappa shape index (κ1) is 20.7. The zero-order valence-electron chi connectivity index (χ0n) is 17.8. The SMILES string of the molecule is Cc1cc(C)cc(NC(=O)Cn2nc3n(C[C@@H]4CCCO4)c(=O)c4sccc4n3c2=O)c1. The van der Waals surface area contributed by atoms with Crippen LogP contribution in [0.15, 0.2) is 39.2 Å². The Hall–Kier alpha value is -3.24. The molecule has 0 unspecified atom stereocenters. The molecular weight excluding hydrogens is 430 g/mol. The third-order valence-corrected chi connectivity index (χ3v) is 6.49. The number of nitrogens with zero attached hydrogens (tertiary/aromatic N) is 4. The van der Waals surface area contributed by atoms with Gasteiger partial charge >= 0.3 is 5.69 Å². The zero-order chi connectivity index (χ0) is 22.4. The van der Waals surface area contributed by atoms with Gasteiger partial charge in [0.2, 0.25) is 11.7 Å². The zero-order valence-corrected chi connectivity index (χ0v) is 18.6. The number of benzene rings is 1. The summed E-state index contributed by atoms with van der Waals surface area (Å²) in [5.41, 5.74) is 2.57. The van der Waals surface area contributed by atoms with Crippen molar-refractivity contribution in [3.63, 3.8) is 0 Å². The molecule has 9 nitrogen and oxygen atoms in total.